The average Bonchev–Trinajstić information content (AvgIpc) is 4.18. The Balaban J connectivity index is 0.000000150. The van der Waals surface area contributed by atoms with Crippen LogP contribution in [0, 0.1) is 0 Å². The van der Waals surface area contributed by atoms with E-state index >= 15 is 0 Å². The Bertz CT molecular complexity index is 3140. The Morgan fingerprint density at radius 2 is 1.19 bits per heavy atom. The van der Waals surface area contributed by atoms with Gasteiger partial charge in [0.1, 0.15) is 0 Å². The maximum Gasteiger partial charge on any atom is 0.176 e. The van der Waals surface area contributed by atoms with Crippen molar-refractivity contribution in [2.24, 2.45) is 14.1 Å². The highest BCUT2D eigenvalue weighted by molar-refractivity contribution is 5.85. The Labute approximate surface area is 365 Å². The molecule has 63 heavy (non-hydrogen) atoms. The van der Waals surface area contributed by atoms with Crippen molar-refractivity contribution >= 4 is 43.6 Å². The van der Waals surface area contributed by atoms with E-state index in [-0.39, 0.29) is 5.54 Å². The Morgan fingerprint density at radius 3 is 1.83 bits per heavy atom. The molecule has 0 saturated heterocycles. The highest BCUT2D eigenvalue weighted by Crippen LogP contribution is 2.37. The van der Waals surface area contributed by atoms with Crippen LogP contribution in [0.1, 0.15) is 68.7 Å². The molecule has 320 valence electrons. The monoisotopic (exact) mass is 838 g/mol. The molecule has 10 aromatic rings. The Morgan fingerprint density at radius 1 is 0.635 bits per heavy atom. The van der Waals surface area contributed by atoms with Gasteiger partial charge in [-0.15, -0.1) is 10.2 Å². The number of aromatic amines is 2. The molecule has 0 aliphatic heterocycles. The molecule has 4 aromatic carbocycles. The van der Waals surface area contributed by atoms with E-state index in [1.165, 1.54) is 68.5 Å². The Hall–Kier alpha value is -6.90. The van der Waals surface area contributed by atoms with E-state index in [2.05, 4.69) is 204 Å². The number of nitrogens with zero attached hydrogens (tertiary/aromatic N) is 10. The van der Waals surface area contributed by atoms with Gasteiger partial charge in [-0.1, -0.05) is 67.8 Å². The molecule has 1 saturated carbocycles. The minimum Gasteiger partial charge on any atom is -0.361 e. The van der Waals surface area contributed by atoms with Crippen LogP contribution in [0.3, 0.4) is 0 Å². The quantitative estimate of drug-likeness (QED) is 0.0959. The van der Waals surface area contributed by atoms with Crippen molar-refractivity contribution in [2.45, 2.75) is 69.9 Å². The van der Waals surface area contributed by atoms with Crippen molar-refractivity contribution in [3.05, 3.63) is 145 Å². The van der Waals surface area contributed by atoms with Gasteiger partial charge >= 0.3 is 0 Å². The van der Waals surface area contributed by atoms with Crippen LogP contribution in [0.4, 0.5) is 0 Å². The summed E-state index contributed by atoms with van der Waals surface area (Å²) >= 11 is 0. The predicted molar refractivity (Wildman–Crippen MR) is 249 cm³/mol. The van der Waals surface area contributed by atoms with Gasteiger partial charge in [-0.25, -0.2) is 0 Å². The van der Waals surface area contributed by atoms with E-state index < -0.39 is 5.54 Å². The number of benzene rings is 4. The van der Waals surface area contributed by atoms with E-state index in [4.69, 9.17) is 0 Å². The first-order chi connectivity index (χ1) is 30.8. The van der Waals surface area contributed by atoms with Crippen LogP contribution < -0.4 is 10.6 Å². The second kappa shape index (κ2) is 16.8. The lowest BCUT2D eigenvalue weighted by molar-refractivity contribution is 0.217. The number of H-pyrrole nitrogens is 2. The van der Waals surface area contributed by atoms with Crippen LogP contribution in [0.2, 0.25) is 0 Å². The number of hydrogen-bond acceptors (Lipinski definition) is 8. The summed E-state index contributed by atoms with van der Waals surface area (Å²) < 4.78 is 8.01. The molecule has 14 heteroatoms. The summed E-state index contributed by atoms with van der Waals surface area (Å²) in [7, 11) is 4.12. The van der Waals surface area contributed by atoms with Gasteiger partial charge in [-0.2, -0.15) is 9.36 Å². The summed E-state index contributed by atoms with van der Waals surface area (Å²) in [6, 6.07) is 33.9. The zero-order chi connectivity index (χ0) is 43.0. The zero-order valence-corrected chi connectivity index (χ0v) is 36.4. The van der Waals surface area contributed by atoms with Crippen LogP contribution in [-0.2, 0) is 38.0 Å². The average molecular weight is 839 g/mol. The SMILES string of the molecule is Cn1ccc2ccc(-n3nnnc3C(C)(C)NCCc3c[nH]c4ccccc34)cc21.Cn1ccc2ccc(-n3nnnc3C3(NCCc4c[nH]c5ccccc45)CCCCC3)cc21. The maximum atomic E-state index is 4.57. The number of para-hydroxylation sites is 2. The number of aromatic nitrogens is 12. The van der Waals surface area contributed by atoms with Gasteiger partial charge in [0.25, 0.3) is 0 Å². The van der Waals surface area contributed by atoms with Gasteiger partial charge in [-0.05, 0) is 131 Å². The van der Waals surface area contributed by atoms with Crippen molar-refractivity contribution < 1.29 is 0 Å². The van der Waals surface area contributed by atoms with Crippen LogP contribution in [0.15, 0.2) is 122 Å². The second-order valence-corrected chi connectivity index (χ2v) is 17.5. The molecule has 4 N–H and O–H groups in total. The second-order valence-electron chi connectivity index (χ2n) is 17.5. The smallest absolute Gasteiger partial charge is 0.176 e. The predicted octanol–water partition coefficient (Wildman–Crippen LogP) is 8.33. The van der Waals surface area contributed by atoms with Gasteiger partial charge < -0.3 is 29.7 Å². The van der Waals surface area contributed by atoms with Crippen molar-refractivity contribution in [2.75, 3.05) is 13.1 Å². The minimum atomic E-state index is -0.390. The molecule has 0 amide bonds. The summed E-state index contributed by atoms with van der Waals surface area (Å²) in [4.78, 5) is 6.74. The van der Waals surface area contributed by atoms with E-state index in [9.17, 15) is 0 Å². The first-order valence-corrected chi connectivity index (χ1v) is 22.1. The third kappa shape index (κ3) is 7.80. The normalized spacial score (nSPS) is 14.2. The van der Waals surface area contributed by atoms with Crippen molar-refractivity contribution in [1.82, 2.24) is 70.2 Å². The van der Waals surface area contributed by atoms with Crippen LogP contribution in [0.5, 0.6) is 0 Å². The third-order valence-corrected chi connectivity index (χ3v) is 13.0. The standard InChI is InChI=1S/C26H29N7.C23H25N7/c1-32-16-12-19-9-10-21(17-24(19)32)33-25(29-30-31-33)26(13-5-2-6-14-26)28-15-11-20-18-27-23-8-4-3-7-22(20)23;1-23(2,25-12-10-17-15-24-20-7-5-4-6-19(17)20)22-26-27-28-30(22)18-9-8-16-11-13-29(3)21(16)14-18/h3-4,7-10,12,16-18,27-28H,2,5-6,11,13-15H2,1H3;4-9,11,13-15,24-25H,10,12H2,1-3H3. The number of fused-ring (bicyclic) bond motifs is 4. The molecule has 6 heterocycles. The molecule has 1 aliphatic rings. The number of rotatable bonds is 12. The Kier molecular flexibility index (Phi) is 10.7. The molecular formula is C49H54N14. The van der Waals surface area contributed by atoms with E-state index in [1.54, 1.807) is 0 Å². The molecule has 14 nitrogen and oxygen atoms in total. The fourth-order valence-corrected chi connectivity index (χ4v) is 9.51. The highest BCUT2D eigenvalue weighted by atomic mass is 15.6. The van der Waals surface area contributed by atoms with Crippen molar-refractivity contribution in [3.63, 3.8) is 0 Å². The molecule has 0 spiro atoms. The first kappa shape index (κ1) is 40.2. The molecule has 11 rings (SSSR count). The van der Waals surface area contributed by atoms with E-state index in [0.29, 0.717) is 0 Å². The van der Waals surface area contributed by atoms with Crippen LogP contribution >= 0.6 is 0 Å². The summed E-state index contributed by atoms with van der Waals surface area (Å²) in [5.41, 5.74) is 8.71. The number of aryl methyl sites for hydroxylation is 2. The lowest BCUT2D eigenvalue weighted by Gasteiger charge is -2.37. The lowest BCUT2D eigenvalue weighted by Crippen LogP contribution is -2.47. The third-order valence-electron chi connectivity index (χ3n) is 13.0. The number of hydrogen-bond donors (Lipinski definition) is 4. The van der Waals surface area contributed by atoms with Crippen molar-refractivity contribution in [1.29, 1.82) is 0 Å². The van der Waals surface area contributed by atoms with Gasteiger partial charge in [0.15, 0.2) is 11.6 Å². The molecule has 0 radical (unpaired) electrons. The van der Waals surface area contributed by atoms with Gasteiger partial charge in [0.05, 0.1) is 22.5 Å². The fraction of sp³-hybridized carbons (Fsp3) is 0.306. The fourth-order valence-electron chi connectivity index (χ4n) is 9.51. The summed E-state index contributed by atoms with van der Waals surface area (Å²) in [5, 5.41) is 38.3. The molecule has 6 aromatic heterocycles. The van der Waals surface area contributed by atoms with Gasteiger partial charge in [-0.3, -0.25) is 0 Å². The summed E-state index contributed by atoms with van der Waals surface area (Å²) in [5.74, 6) is 1.71. The molecule has 1 fully saturated rings. The molecule has 0 unspecified atom stereocenters. The van der Waals surface area contributed by atoms with Gasteiger partial charge in [0.2, 0.25) is 0 Å². The lowest BCUT2D eigenvalue weighted by atomic mass is 9.80. The molecule has 1 aliphatic carbocycles. The van der Waals surface area contributed by atoms with Gasteiger partial charge in [0, 0.05) is 84.8 Å². The highest BCUT2D eigenvalue weighted by Gasteiger charge is 2.39. The summed E-state index contributed by atoms with van der Waals surface area (Å²) in [6.45, 7) is 5.93. The molecule has 0 atom stereocenters. The van der Waals surface area contributed by atoms with Crippen LogP contribution in [-0.4, -0.2) is 72.6 Å². The van der Waals surface area contributed by atoms with Crippen molar-refractivity contribution in [3.8, 4) is 11.4 Å². The zero-order valence-electron chi connectivity index (χ0n) is 36.4. The summed E-state index contributed by atoms with van der Waals surface area (Å²) in [6.07, 6.45) is 16.0. The van der Waals surface area contributed by atoms with Crippen LogP contribution in [0.25, 0.3) is 55.0 Å². The van der Waals surface area contributed by atoms with E-state index in [0.717, 1.165) is 67.3 Å². The minimum absolute atomic E-state index is 0.211. The van der Waals surface area contributed by atoms with E-state index in [1.807, 2.05) is 16.4 Å². The largest absolute Gasteiger partial charge is 0.361 e. The molecular weight excluding hydrogens is 785 g/mol. The number of tetrazole rings is 2. The topological polar surface area (TPSA) is 153 Å². The molecule has 0 bridgehead atoms. The first-order valence-electron chi connectivity index (χ1n) is 22.1. The maximum absolute atomic E-state index is 4.57. The number of nitrogens with one attached hydrogen (secondary N) is 4.